The number of nitrogens with one attached hydrogen (secondary N) is 1. The van der Waals surface area contributed by atoms with E-state index in [-0.39, 0.29) is 0 Å². The molecule has 1 saturated carbocycles. The van der Waals surface area contributed by atoms with Crippen molar-refractivity contribution >= 4 is 0 Å². The Morgan fingerprint density at radius 3 is 2.53 bits per heavy atom. The summed E-state index contributed by atoms with van der Waals surface area (Å²) in [6.07, 6.45) is 2.76. The van der Waals surface area contributed by atoms with Crippen LogP contribution in [0.4, 0.5) is 0 Å². The van der Waals surface area contributed by atoms with Crippen LogP contribution in [0, 0.1) is 19.8 Å². The highest BCUT2D eigenvalue weighted by molar-refractivity contribution is 5.33. The third kappa shape index (κ3) is 2.07. The Kier molecular flexibility index (Phi) is 3.11. The van der Waals surface area contributed by atoms with E-state index < -0.39 is 0 Å². The Morgan fingerprint density at radius 2 is 2.00 bits per heavy atom. The standard InChI is InChI=1S/C14H21N/c1-10-4-5-12(8-11(10)2)14-7-6-13(14)9-15-3/h4-5,8,13-15H,6-7,9H2,1-3H3. The molecular formula is C14H21N. The molecule has 1 aromatic carbocycles. The van der Waals surface area contributed by atoms with Gasteiger partial charge in [0, 0.05) is 0 Å². The second-order valence-corrected chi connectivity index (χ2v) is 4.85. The summed E-state index contributed by atoms with van der Waals surface area (Å²) < 4.78 is 0. The molecule has 1 aliphatic rings. The maximum absolute atomic E-state index is 3.30. The van der Waals surface area contributed by atoms with Crippen molar-refractivity contribution in [2.45, 2.75) is 32.6 Å². The highest BCUT2D eigenvalue weighted by Gasteiger charge is 2.31. The largest absolute Gasteiger partial charge is 0.319 e. The van der Waals surface area contributed by atoms with Gasteiger partial charge in [0.15, 0.2) is 0 Å². The average Bonchev–Trinajstić information content (AvgIpc) is 2.18. The Balaban J connectivity index is 2.12. The fourth-order valence-corrected chi connectivity index (χ4v) is 2.51. The van der Waals surface area contributed by atoms with Crippen molar-refractivity contribution in [3.05, 3.63) is 34.9 Å². The minimum absolute atomic E-state index is 0.803. The van der Waals surface area contributed by atoms with Crippen LogP contribution in [-0.4, -0.2) is 13.6 Å². The average molecular weight is 203 g/mol. The SMILES string of the molecule is CNCC1CCC1c1ccc(C)c(C)c1. The molecule has 15 heavy (non-hydrogen) atoms. The molecule has 0 bridgehead atoms. The fourth-order valence-electron chi connectivity index (χ4n) is 2.51. The van der Waals surface area contributed by atoms with Crippen molar-refractivity contribution in [1.82, 2.24) is 5.32 Å². The summed E-state index contributed by atoms with van der Waals surface area (Å²) in [5.41, 5.74) is 4.38. The molecular weight excluding hydrogens is 182 g/mol. The molecule has 2 rings (SSSR count). The second-order valence-electron chi connectivity index (χ2n) is 4.85. The summed E-state index contributed by atoms with van der Waals surface area (Å²) in [6.45, 7) is 5.56. The van der Waals surface area contributed by atoms with E-state index in [9.17, 15) is 0 Å². The zero-order valence-electron chi connectivity index (χ0n) is 10.0. The Hall–Kier alpha value is -0.820. The van der Waals surface area contributed by atoms with Crippen LogP contribution in [-0.2, 0) is 0 Å². The van der Waals surface area contributed by atoms with Crippen LogP contribution in [0.25, 0.3) is 0 Å². The van der Waals surface area contributed by atoms with Crippen LogP contribution in [0.1, 0.15) is 35.4 Å². The molecule has 1 heteroatoms. The second kappa shape index (κ2) is 4.36. The summed E-state index contributed by atoms with van der Waals surface area (Å²) in [4.78, 5) is 0. The highest BCUT2D eigenvalue weighted by atomic mass is 14.8. The van der Waals surface area contributed by atoms with E-state index in [1.54, 1.807) is 5.56 Å². The number of benzene rings is 1. The summed E-state index contributed by atoms with van der Waals surface area (Å²) in [5.74, 6) is 1.66. The first-order valence-electron chi connectivity index (χ1n) is 5.94. The Morgan fingerprint density at radius 1 is 1.20 bits per heavy atom. The minimum Gasteiger partial charge on any atom is -0.319 e. The highest BCUT2D eigenvalue weighted by Crippen LogP contribution is 2.42. The van der Waals surface area contributed by atoms with E-state index in [1.807, 2.05) is 0 Å². The van der Waals surface area contributed by atoms with Crippen molar-refractivity contribution < 1.29 is 0 Å². The monoisotopic (exact) mass is 203 g/mol. The van der Waals surface area contributed by atoms with Gasteiger partial charge < -0.3 is 5.32 Å². The van der Waals surface area contributed by atoms with Crippen LogP contribution in [0.3, 0.4) is 0 Å². The van der Waals surface area contributed by atoms with Gasteiger partial charge in [-0.05, 0) is 68.8 Å². The van der Waals surface area contributed by atoms with Crippen LogP contribution in [0.2, 0.25) is 0 Å². The molecule has 0 saturated heterocycles. The van der Waals surface area contributed by atoms with Gasteiger partial charge in [0.2, 0.25) is 0 Å². The van der Waals surface area contributed by atoms with Gasteiger partial charge in [-0.2, -0.15) is 0 Å². The van der Waals surface area contributed by atoms with Gasteiger partial charge in [-0.15, -0.1) is 0 Å². The van der Waals surface area contributed by atoms with Crippen molar-refractivity contribution in [1.29, 1.82) is 0 Å². The van der Waals surface area contributed by atoms with E-state index in [2.05, 4.69) is 44.4 Å². The van der Waals surface area contributed by atoms with Crippen molar-refractivity contribution in [2.24, 2.45) is 5.92 Å². The van der Waals surface area contributed by atoms with E-state index >= 15 is 0 Å². The lowest BCUT2D eigenvalue weighted by atomic mass is 9.69. The molecule has 0 amide bonds. The zero-order chi connectivity index (χ0) is 10.8. The molecule has 0 spiro atoms. The van der Waals surface area contributed by atoms with E-state index in [1.165, 1.54) is 24.0 Å². The Labute approximate surface area is 92.9 Å². The van der Waals surface area contributed by atoms with Gasteiger partial charge in [0.05, 0.1) is 0 Å². The first-order chi connectivity index (χ1) is 7.22. The predicted octanol–water partition coefficient (Wildman–Crippen LogP) is 3.02. The van der Waals surface area contributed by atoms with Crippen LogP contribution >= 0.6 is 0 Å². The van der Waals surface area contributed by atoms with Crippen molar-refractivity contribution in [3.8, 4) is 0 Å². The third-order valence-electron chi connectivity index (χ3n) is 3.84. The molecule has 0 radical (unpaired) electrons. The molecule has 1 fully saturated rings. The predicted molar refractivity (Wildman–Crippen MR) is 65.3 cm³/mol. The maximum atomic E-state index is 3.30. The molecule has 0 aliphatic heterocycles. The molecule has 2 atom stereocenters. The van der Waals surface area contributed by atoms with Gasteiger partial charge in [-0.25, -0.2) is 0 Å². The normalized spacial score (nSPS) is 25.0. The van der Waals surface area contributed by atoms with Crippen LogP contribution in [0.15, 0.2) is 18.2 Å². The smallest absolute Gasteiger partial charge is 0.00177 e. The minimum atomic E-state index is 0.803. The molecule has 1 aromatic rings. The topological polar surface area (TPSA) is 12.0 Å². The molecule has 1 nitrogen and oxygen atoms in total. The number of hydrogen-bond donors (Lipinski definition) is 1. The van der Waals surface area contributed by atoms with Gasteiger partial charge in [0.1, 0.15) is 0 Å². The van der Waals surface area contributed by atoms with Crippen LogP contribution in [0.5, 0.6) is 0 Å². The van der Waals surface area contributed by atoms with Gasteiger partial charge in [0.25, 0.3) is 0 Å². The lowest BCUT2D eigenvalue weighted by molar-refractivity contribution is 0.250. The van der Waals surface area contributed by atoms with E-state index in [0.29, 0.717) is 0 Å². The molecule has 1 N–H and O–H groups in total. The van der Waals surface area contributed by atoms with Crippen molar-refractivity contribution in [3.63, 3.8) is 0 Å². The Bertz CT molecular complexity index is 343. The lowest BCUT2D eigenvalue weighted by Gasteiger charge is -2.37. The third-order valence-corrected chi connectivity index (χ3v) is 3.84. The van der Waals surface area contributed by atoms with E-state index in [0.717, 1.165) is 18.4 Å². The molecule has 1 aliphatic carbocycles. The first kappa shape index (κ1) is 10.7. The fraction of sp³-hybridized carbons (Fsp3) is 0.571. The van der Waals surface area contributed by atoms with Gasteiger partial charge in [-0.1, -0.05) is 18.2 Å². The first-order valence-corrected chi connectivity index (χ1v) is 5.94. The summed E-state index contributed by atoms with van der Waals surface area (Å²) >= 11 is 0. The van der Waals surface area contributed by atoms with Crippen LogP contribution < -0.4 is 5.32 Å². The summed E-state index contributed by atoms with van der Waals surface area (Å²) in [6, 6.07) is 6.95. The van der Waals surface area contributed by atoms with E-state index in [4.69, 9.17) is 0 Å². The van der Waals surface area contributed by atoms with Gasteiger partial charge >= 0.3 is 0 Å². The molecule has 82 valence electrons. The maximum Gasteiger partial charge on any atom is -0.00177 e. The number of rotatable bonds is 3. The lowest BCUT2D eigenvalue weighted by Crippen LogP contribution is -2.32. The number of aryl methyl sites for hydroxylation is 2. The zero-order valence-corrected chi connectivity index (χ0v) is 10.0. The molecule has 0 aromatic heterocycles. The summed E-state index contributed by atoms with van der Waals surface area (Å²) in [5, 5.41) is 3.30. The number of hydrogen-bond acceptors (Lipinski definition) is 1. The molecule has 2 unspecified atom stereocenters. The van der Waals surface area contributed by atoms with Crippen molar-refractivity contribution in [2.75, 3.05) is 13.6 Å². The van der Waals surface area contributed by atoms with Gasteiger partial charge in [-0.3, -0.25) is 0 Å². The molecule has 0 heterocycles. The quantitative estimate of drug-likeness (QED) is 0.796. The summed E-state index contributed by atoms with van der Waals surface area (Å²) in [7, 11) is 2.05.